The fourth-order valence-electron chi connectivity index (χ4n) is 4.34. The van der Waals surface area contributed by atoms with E-state index in [0.717, 1.165) is 5.56 Å². The molecule has 0 saturated carbocycles. The number of para-hydroxylation sites is 3. The predicted octanol–water partition coefficient (Wildman–Crippen LogP) is 3.76. The highest BCUT2D eigenvalue weighted by atomic mass is 16.5. The molecule has 0 spiro atoms. The number of hydrogen-bond acceptors (Lipinski definition) is 5. The Morgan fingerprint density at radius 1 is 1.03 bits per heavy atom. The average molecular weight is 483 g/mol. The van der Waals surface area contributed by atoms with Crippen LogP contribution in [0.4, 0.5) is 5.69 Å². The number of hydrogen-bond donors (Lipinski definition) is 1. The van der Waals surface area contributed by atoms with Crippen molar-refractivity contribution >= 4 is 17.5 Å². The highest BCUT2D eigenvalue weighted by Gasteiger charge is 2.35. The van der Waals surface area contributed by atoms with Crippen LogP contribution in [0.1, 0.15) is 15.9 Å². The van der Waals surface area contributed by atoms with Gasteiger partial charge in [0.2, 0.25) is 0 Å². The van der Waals surface area contributed by atoms with Gasteiger partial charge in [0.25, 0.3) is 11.8 Å². The third-order valence-corrected chi connectivity index (χ3v) is 6.10. The first-order valence-electron chi connectivity index (χ1n) is 11.6. The number of nitrogens with one attached hydrogen (secondary N) is 1. The Morgan fingerprint density at radius 3 is 2.53 bits per heavy atom. The Bertz CT molecular complexity index is 1400. The van der Waals surface area contributed by atoms with Gasteiger partial charge >= 0.3 is 0 Å². The summed E-state index contributed by atoms with van der Waals surface area (Å²) < 4.78 is 13.2. The quantitative estimate of drug-likeness (QED) is 0.452. The van der Waals surface area contributed by atoms with Crippen molar-refractivity contribution in [2.75, 3.05) is 25.6 Å². The van der Waals surface area contributed by atoms with Gasteiger partial charge in [-0.2, -0.15) is 5.10 Å². The Hall–Kier alpha value is -4.59. The number of anilines is 1. The maximum absolute atomic E-state index is 14.1. The van der Waals surface area contributed by atoms with Crippen LogP contribution in [0, 0.1) is 0 Å². The Morgan fingerprint density at radius 2 is 1.75 bits per heavy atom. The molecule has 2 heterocycles. The maximum Gasteiger partial charge on any atom is 0.262 e. The van der Waals surface area contributed by atoms with Gasteiger partial charge in [-0.25, -0.2) is 0 Å². The highest BCUT2D eigenvalue weighted by Crippen LogP contribution is 2.37. The summed E-state index contributed by atoms with van der Waals surface area (Å²) in [5.74, 6) is 0.509. The monoisotopic (exact) mass is 482 g/mol. The van der Waals surface area contributed by atoms with Crippen LogP contribution in [-0.2, 0) is 11.3 Å². The summed E-state index contributed by atoms with van der Waals surface area (Å²) in [5, 5.41) is 7.42. The zero-order valence-electron chi connectivity index (χ0n) is 20.0. The first-order chi connectivity index (χ1) is 17.6. The molecule has 0 saturated heterocycles. The number of carbonyl (C=O) groups is 2. The van der Waals surface area contributed by atoms with Crippen LogP contribution in [0.2, 0.25) is 0 Å². The lowest BCUT2D eigenvalue weighted by atomic mass is 10.0. The largest absolute Gasteiger partial charge is 0.496 e. The Kier molecular flexibility index (Phi) is 6.40. The Balaban J connectivity index is 1.60. The lowest BCUT2D eigenvalue weighted by Crippen LogP contribution is -2.50. The number of carbonyl (C=O) groups excluding carboxylic acids is 2. The van der Waals surface area contributed by atoms with Crippen LogP contribution >= 0.6 is 0 Å². The van der Waals surface area contributed by atoms with E-state index in [-0.39, 0.29) is 18.4 Å². The molecule has 2 amide bonds. The molecule has 0 bridgehead atoms. The number of aromatic nitrogens is 2. The van der Waals surface area contributed by atoms with E-state index < -0.39 is 6.10 Å². The number of ether oxygens (including phenoxy) is 2. The summed E-state index contributed by atoms with van der Waals surface area (Å²) in [6.45, 7) is 0.571. The molecule has 0 aliphatic carbocycles. The summed E-state index contributed by atoms with van der Waals surface area (Å²) in [4.78, 5) is 28.2. The standard InChI is InChI=1S/C28H26N4O4/c1-29-27(33)25-18-32(22-13-7-9-15-24(22)36-25)28(34)21-17-31(16-19-10-4-3-5-11-19)30-26(21)20-12-6-8-14-23(20)35-2/h3-15,17,25H,16,18H2,1-2H3,(H,29,33). The molecule has 1 N–H and O–H groups in total. The maximum atomic E-state index is 14.1. The van der Waals surface area contributed by atoms with Crippen molar-refractivity contribution in [1.29, 1.82) is 0 Å². The molecule has 8 heteroatoms. The minimum absolute atomic E-state index is 0.0742. The van der Waals surface area contributed by atoms with E-state index in [1.807, 2.05) is 72.8 Å². The fourth-order valence-corrected chi connectivity index (χ4v) is 4.34. The normalized spacial score (nSPS) is 14.5. The van der Waals surface area contributed by atoms with Gasteiger partial charge in [0.1, 0.15) is 17.2 Å². The van der Waals surface area contributed by atoms with Crippen LogP contribution in [0.5, 0.6) is 11.5 Å². The first kappa shape index (κ1) is 23.2. The lowest BCUT2D eigenvalue weighted by molar-refractivity contribution is -0.127. The molecule has 8 nitrogen and oxygen atoms in total. The van der Waals surface area contributed by atoms with Crippen LogP contribution in [0.25, 0.3) is 11.3 Å². The number of benzene rings is 3. The van der Waals surface area contributed by atoms with Crippen molar-refractivity contribution in [1.82, 2.24) is 15.1 Å². The fraction of sp³-hybridized carbons (Fsp3) is 0.179. The first-order valence-corrected chi connectivity index (χ1v) is 11.6. The van der Waals surface area contributed by atoms with Crippen molar-refractivity contribution in [3.05, 3.63) is 96.2 Å². The van der Waals surface area contributed by atoms with E-state index in [9.17, 15) is 9.59 Å². The van der Waals surface area contributed by atoms with Crippen LogP contribution in [-0.4, -0.2) is 48.4 Å². The minimum Gasteiger partial charge on any atom is -0.496 e. The molecule has 5 rings (SSSR count). The molecule has 1 aromatic heterocycles. The number of rotatable bonds is 6. The smallest absolute Gasteiger partial charge is 0.262 e. The number of likely N-dealkylation sites (N-methyl/N-ethyl adjacent to an activating group) is 1. The van der Waals surface area contributed by atoms with Crippen molar-refractivity contribution in [2.45, 2.75) is 12.6 Å². The molecule has 1 unspecified atom stereocenters. The van der Waals surface area contributed by atoms with Gasteiger partial charge in [-0.3, -0.25) is 14.3 Å². The second kappa shape index (κ2) is 9.95. The van der Waals surface area contributed by atoms with Gasteiger partial charge in [-0.05, 0) is 29.8 Å². The lowest BCUT2D eigenvalue weighted by Gasteiger charge is -2.34. The van der Waals surface area contributed by atoms with Crippen molar-refractivity contribution in [3.8, 4) is 22.8 Å². The number of amides is 2. The van der Waals surface area contributed by atoms with E-state index in [1.165, 1.54) is 0 Å². The Labute approximate surface area is 209 Å². The summed E-state index contributed by atoms with van der Waals surface area (Å²) in [7, 11) is 3.14. The second-order valence-corrected chi connectivity index (χ2v) is 8.38. The summed E-state index contributed by atoms with van der Waals surface area (Å²) in [6.07, 6.45) is 0.923. The zero-order valence-corrected chi connectivity index (χ0v) is 20.0. The second-order valence-electron chi connectivity index (χ2n) is 8.38. The molecule has 1 aliphatic rings. The molecule has 1 aliphatic heterocycles. The molecule has 36 heavy (non-hydrogen) atoms. The number of nitrogens with zero attached hydrogens (tertiary/aromatic N) is 3. The van der Waals surface area contributed by atoms with Crippen LogP contribution in [0.3, 0.4) is 0 Å². The van der Waals surface area contributed by atoms with Gasteiger partial charge in [-0.1, -0.05) is 54.6 Å². The molecule has 3 aromatic carbocycles. The van der Waals surface area contributed by atoms with E-state index >= 15 is 0 Å². The SMILES string of the molecule is CNC(=O)C1CN(C(=O)c2cn(Cc3ccccc3)nc2-c2ccccc2OC)c2ccccc2O1. The van der Waals surface area contributed by atoms with Gasteiger partial charge in [-0.15, -0.1) is 0 Å². The molecule has 0 fully saturated rings. The zero-order chi connectivity index (χ0) is 25.1. The van der Waals surface area contributed by atoms with E-state index in [4.69, 9.17) is 14.6 Å². The topological polar surface area (TPSA) is 85.7 Å². The molecule has 0 radical (unpaired) electrons. The third-order valence-electron chi connectivity index (χ3n) is 6.10. The molecular formula is C28H26N4O4. The molecular weight excluding hydrogens is 456 g/mol. The van der Waals surface area contributed by atoms with Gasteiger partial charge < -0.3 is 19.7 Å². The highest BCUT2D eigenvalue weighted by molar-refractivity contribution is 6.11. The van der Waals surface area contributed by atoms with Gasteiger partial charge in [0.15, 0.2) is 6.10 Å². The van der Waals surface area contributed by atoms with Gasteiger partial charge in [0.05, 0.1) is 31.5 Å². The van der Waals surface area contributed by atoms with Crippen LogP contribution in [0.15, 0.2) is 85.1 Å². The average Bonchev–Trinajstić information content (AvgIpc) is 3.35. The van der Waals surface area contributed by atoms with E-state index in [1.54, 1.807) is 36.0 Å². The summed E-state index contributed by atoms with van der Waals surface area (Å²) >= 11 is 0. The molecule has 4 aromatic rings. The summed E-state index contributed by atoms with van der Waals surface area (Å²) in [6, 6.07) is 24.6. The minimum atomic E-state index is -0.831. The van der Waals surface area contributed by atoms with Crippen molar-refractivity contribution in [3.63, 3.8) is 0 Å². The van der Waals surface area contributed by atoms with Crippen LogP contribution < -0.4 is 19.7 Å². The number of methoxy groups -OCH3 is 1. The van der Waals surface area contributed by atoms with Gasteiger partial charge in [0, 0.05) is 18.8 Å². The van der Waals surface area contributed by atoms with Crippen molar-refractivity contribution < 1.29 is 19.1 Å². The predicted molar refractivity (Wildman–Crippen MR) is 136 cm³/mol. The molecule has 182 valence electrons. The van der Waals surface area contributed by atoms with E-state index in [0.29, 0.717) is 40.6 Å². The van der Waals surface area contributed by atoms with E-state index in [2.05, 4.69) is 5.32 Å². The third kappa shape index (κ3) is 4.40. The van der Waals surface area contributed by atoms with Crippen molar-refractivity contribution in [2.24, 2.45) is 0 Å². The number of fused-ring (bicyclic) bond motifs is 1. The molecule has 1 atom stereocenters. The summed E-state index contributed by atoms with van der Waals surface area (Å²) in [5.41, 5.74) is 3.28.